The number of carbonyl (C=O) groups excluding carboxylic acids is 2. The van der Waals surface area contributed by atoms with Gasteiger partial charge in [-0.25, -0.2) is 9.79 Å². The zero-order chi connectivity index (χ0) is 21.3. The first-order valence-corrected chi connectivity index (χ1v) is 11.0. The van der Waals surface area contributed by atoms with Crippen molar-refractivity contribution >= 4 is 40.4 Å². The fourth-order valence-corrected chi connectivity index (χ4v) is 4.98. The highest BCUT2D eigenvalue weighted by molar-refractivity contribution is 8.15. The summed E-state index contributed by atoms with van der Waals surface area (Å²) in [4.78, 5) is 32.5. The van der Waals surface area contributed by atoms with Crippen molar-refractivity contribution in [3.8, 4) is 0 Å². The molecule has 2 aliphatic rings. The van der Waals surface area contributed by atoms with Gasteiger partial charge < -0.3 is 4.74 Å². The highest BCUT2D eigenvalue weighted by Crippen LogP contribution is 2.44. The molecule has 0 aliphatic carbocycles. The second-order valence-corrected chi connectivity index (χ2v) is 8.74. The van der Waals surface area contributed by atoms with E-state index in [4.69, 9.17) is 16.3 Å². The van der Waals surface area contributed by atoms with Gasteiger partial charge in [0.2, 0.25) is 5.91 Å². The van der Waals surface area contributed by atoms with Crippen molar-refractivity contribution in [2.75, 3.05) is 0 Å². The van der Waals surface area contributed by atoms with Gasteiger partial charge in [-0.05, 0) is 36.6 Å². The molecular formula is C23H21ClN2O3S. The molecule has 2 heterocycles. The molecule has 0 radical (unpaired) electrons. The summed E-state index contributed by atoms with van der Waals surface area (Å²) >= 11 is 7.67. The summed E-state index contributed by atoms with van der Waals surface area (Å²) in [5, 5.41) is 0.949. The number of allylic oxidation sites excluding steroid dienone is 1. The van der Waals surface area contributed by atoms with E-state index >= 15 is 0 Å². The minimum absolute atomic E-state index is 0.0490. The first-order valence-electron chi connectivity index (χ1n) is 9.75. The SMILES string of the molecule is CC[C@H]1SC2=NC(C)=C(C(=O)OCc3ccccc3)[C@H](c3cccc(Cl)c3)N2C1=O. The number of nitrogens with zero attached hydrogens (tertiary/aromatic N) is 2. The third kappa shape index (κ3) is 3.89. The van der Waals surface area contributed by atoms with Crippen LogP contribution >= 0.6 is 23.4 Å². The Morgan fingerprint density at radius 2 is 1.97 bits per heavy atom. The van der Waals surface area contributed by atoms with E-state index in [2.05, 4.69) is 4.99 Å². The Morgan fingerprint density at radius 3 is 2.67 bits per heavy atom. The third-order valence-electron chi connectivity index (χ3n) is 5.12. The van der Waals surface area contributed by atoms with Crippen molar-refractivity contribution in [3.63, 3.8) is 0 Å². The normalized spacial score (nSPS) is 20.8. The van der Waals surface area contributed by atoms with Crippen molar-refractivity contribution in [2.45, 2.75) is 38.2 Å². The predicted octanol–water partition coefficient (Wildman–Crippen LogP) is 5.12. The molecule has 1 saturated heterocycles. The van der Waals surface area contributed by atoms with Gasteiger partial charge in [-0.1, -0.05) is 72.8 Å². The van der Waals surface area contributed by atoms with Gasteiger partial charge in [-0.15, -0.1) is 0 Å². The van der Waals surface area contributed by atoms with Gasteiger partial charge in [0.1, 0.15) is 6.61 Å². The lowest BCUT2D eigenvalue weighted by Gasteiger charge is -2.33. The minimum Gasteiger partial charge on any atom is -0.457 e. The number of halogens is 1. The summed E-state index contributed by atoms with van der Waals surface area (Å²) in [7, 11) is 0. The monoisotopic (exact) mass is 440 g/mol. The number of esters is 1. The fraction of sp³-hybridized carbons (Fsp3) is 0.261. The number of carbonyl (C=O) groups is 2. The molecule has 0 bridgehead atoms. The maximum Gasteiger partial charge on any atom is 0.338 e. The lowest BCUT2D eigenvalue weighted by molar-refractivity contribution is -0.141. The second kappa shape index (κ2) is 8.66. The van der Waals surface area contributed by atoms with Crippen LogP contribution in [-0.2, 0) is 20.9 Å². The van der Waals surface area contributed by atoms with Crippen LogP contribution in [0.15, 0.2) is 70.9 Å². The molecule has 2 atom stereocenters. The average molecular weight is 441 g/mol. The van der Waals surface area contributed by atoms with E-state index in [1.807, 2.05) is 49.4 Å². The summed E-state index contributed by atoms with van der Waals surface area (Å²) in [6.07, 6.45) is 0.689. The minimum atomic E-state index is -0.615. The van der Waals surface area contributed by atoms with Crippen LogP contribution in [0.25, 0.3) is 0 Å². The quantitative estimate of drug-likeness (QED) is 0.605. The molecule has 0 aromatic heterocycles. The average Bonchev–Trinajstić information content (AvgIpc) is 3.06. The van der Waals surface area contributed by atoms with Gasteiger partial charge in [0.25, 0.3) is 0 Å². The van der Waals surface area contributed by atoms with Gasteiger partial charge in [0.15, 0.2) is 5.17 Å². The smallest absolute Gasteiger partial charge is 0.338 e. The summed E-state index contributed by atoms with van der Waals surface area (Å²) in [5.74, 6) is -0.533. The van der Waals surface area contributed by atoms with Crippen LogP contribution < -0.4 is 0 Å². The molecule has 154 valence electrons. The lowest BCUT2D eigenvalue weighted by Crippen LogP contribution is -2.40. The van der Waals surface area contributed by atoms with Crippen molar-refractivity contribution in [1.82, 2.24) is 4.90 Å². The number of aliphatic imine (C=N–C) groups is 1. The van der Waals surface area contributed by atoms with E-state index in [0.717, 1.165) is 11.1 Å². The fourth-order valence-electron chi connectivity index (χ4n) is 3.64. The van der Waals surface area contributed by atoms with Crippen molar-refractivity contribution in [3.05, 3.63) is 82.0 Å². The van der Waals surface area contributed by atoms with Crippen LogP contribution in [0, 0.1) is 0 Å². The van der Waals surface area contributed by atoms with E-state index in [0.29, 0.717) is 27.9 Å². The lowest BCUT2D eigenvalue weighted by atomic mass is 9.94. The number of ether oxygens (including phenoxy) is 1. The summed E-state index contributed by atoms with van der Waals surface area (Å²) in [5.41, 5.74) is 2.57. The number of amides is 1. The van der Waals surface area contributed by atoms with Crippen LogP contribution in [-0.4, -0.2) is 27.2 Å². The van der Waals surface area contributed by atoms with Gasteiger partial charge in [0, 0.05) is 5.02 Å². The number of benzene rings is 2. The van der Waals surface area contributed by atoms with Crippen molar-refractivity contribution in [2.24, 2.45) is 4.99 Å². The van der Waals surface area contributed by atoms with Gasteiger partial charge >= 0.3 is 5.97 Å². The van der Waals surface area contributed by atoms with Gasteiger partial charge in [-0.2, -0.15) is 0 Å². The molecule has 2 aromatic rings. The standard InChI is InChI=1S/C23H21ClN2O3S/c1-3-18-21(27)26-20(16-10-7-11-17(24)12-16)19(14(2)25-23(26)30-18)22(28)29-13-15-8-5-4-6-9-15/h4-12,18,20H,3,13H2,1-2H3/t18-,20+/m1/s1. The predicted molar refractivity (Wildman–Crippen MR) is 119 cm³/mol. The Kier molecular flexibility index (Phi) is 5.97. The van der Waals surface area contributed by atoms with Crippen LogP contribution in [0.3, 0.4) is 0 Å². The molecule has 5 nitrogen and oxygen atoms in total. The van der Waals surface area contributed by atoms with E-state index in [-0.39, 0.29) is 17.8 Å². The molecule has 0 saturated carbocycles. The summed E-state index contributed by atoms with van der Waals surface area (Å²) in [6.45, 7) is 3.90. The number of fused-ring (bicyclic) bond motifs is 1. The Hall–Kier alpha value is -2.57. The number of rotatable bonds is 5. The molecular weight excluding hydrogens is 420 g/mol. The Bertz CT molecular complexity index is 1050. The van der Waals surface area contributed by atoms with Gasteiger partial charge in [0.05, 0.1) is 22.6 Å². The van der Waals surface area contributed by atoms with E-state index in [1.165, 1.54) is 11.8 Å². The maximum absolute atomic E-state index is 13.2. The molecule has 30 heavy (non-hydrogen) atoms. The van der Waals surface area contributed by atoms with Crippen LogP contribution in [0.4, 0.5) is 0 Å². The molecule has 0 spiro atoms. The largest absolute Gasteiger partial charge is 0.457 e. The Balaban J connectivity index is 1.72. The summed E-state index contributed by atoms with van der Waals surface area (Å²) < 4.78 is 5.61. The van der Waals surface area contributed by atoms with Crippen LogP contribution in [0.5, 0.6) is 0 Å². The third-order valence-corrected chi connectivity index (χ3v) is 6.67. The van der Waals surface area contributed by atoms with Crippen molar-refractivity contribution < 1.29 is 14.3 Å². The molecule has 0 N–H and O–H groups in total. The molecule has 2 aliphatic heterocycles. The maximum atomic E-state index is 13.2. The van der Waals surface area contributed by atoms with Crippen molar-refractivity contribution in [1.29, 1.82) is 0 Å². The number of thioether (sulfide) groups is 1. The molecule has 1 fully saturated rings. The van der Waals surface area contributed by atoms with Crippen LogP contribution in [0.1, 0.15) is 37.4 Å². The highest BCUT2D eigenvalue weighted by Gasteiger charge is 2.47. The van der Waals surface area contributed by atoms with E-state index < -0.39 is 12.0 Å². The topological polar surface area (TPSA) is 59.0 Å². The zero-order valence-electron chi connectivity index (χ0n) is 16.7. The molecule has 0 unspecified atom stereocenters. The highest BCUT2D eigenvalue weighted by atomic mass is 35.5. The number of hydrogen-bond acceptors (Lipinski definition) is 5. The molecule has 4 rings (SSSR count). The Morgan fingerprint density at radius 1 is 1.20 bits per heavy atom. The zero-order valence-corrected chi connectivity index (χ0v) is 18.2. The summed E-state index contributed by atoms with van der Waals surface area (Å²) in [6, 6.07) is 16.1. The Labute approximate surface area is 184 Å². The first-order chi connectivity index (χ1) is 14.5. The first kappa shape index (κ1) is 20.7. The van der Waals surface area contributed by atoms with Crippen LogP contribution in [0.2, 0.25) is 5.02 Å². The molecule has 2 aromatic carbocycles. The van der Waals surface area contributed by atoms with E-state index in [9.17, 15) is 9.59 Å². The number of hydrogen-bond donors (Lipinski definition) is 0. The second-order valence-electron chi connectivity index (χ2n) is 7.14. The molecule has 7 heteroatoms. The van der Waals surface area contributed by atoms with Gasteiger partial charge in [-0.3, -0.25) is 9.69 Å². The number of amidine groups is 1. The molecule has 1 amide bonds. The van der Waals surface area contributed by atoms with E-state index in [1.54, 1.807) is 24.0 Å².